The molecule has 118 valence electrons. The predicted octanol–water partition coefficient (Wildman–Crippen LogP) is 1.58. The lowest BCUT2D eigenvalue weighted by molar-refractivity contribution is 0.122. The number of thiol groups is 2. The highest BCUT2D eigenvalue weighted by atomic mass is 32.1. The molecule has 20 heavy (non-hydrogen) atoms. The van der Waals surface area contributed by atoms with Crippen LogP contribution in [-0.4, -0.2) is 63.3 Å². The Morgan fingerprint density at radius 3 is 2.05 bits per heavy atom. The second-order valence-electron chi connectivity index (χ2n) is 3.90. The maximum atomic E-state index is 5.38. The molecule has 0 fully saturated rings. The average molecular weight is 375 g/mol. The first-order valence-corrected chi connectivity index (χ1v) is 9.65. The minimum Gasteiger partial charge on any atom is -0.377 e. The van der Waals surface area contributed by atoms with Crippen molar-refractivity contribution in [2.24, 2.45) is 0 Å². The van der Waals surface area contributed by atoms with Crippen molar-refractivity contribution in [3.05, 3.63) is 0 Å². The number of nitrogens with zero attached hydrogens (tertiary/aromatic N) is 1. The first kappa shape index (κ1) is 20.6. The Labute approximate surface area is 143 Å². The van der Waals surface area contributed by atoms with Crippen molar-refractivity contribution in [2.75, 3.05) is 41.0 Å². The summed E-state index contributed by atoms with van der Waals surface area (Å²) in [5.41, 5.74) is 0. The fourth-order valence-corrected chi connectivity index (χ4v) is 3.94. The van der Waals surface area contributed by atoms with Gasteiger partial charge >= 0.3 is 8.80 Å². The van der Waals surface area contributed by atoms with E-state index < -0.39 is 8.80 Å². The summed E-state index contributed by atoms with van der Waals surface area (Å²) in [6, 6.07) is 0.724. The highest BCUT2D eigenvalue weighted by Crippen LogP contribution is 2.15. The van der Waals surface area contributed by atoms with Crippen molar-refractivity contribution in [3.63, 3.8) is 0 Å². The van der Waals surface area contributed by atoms with E-state index >= 15 is 0 Å². The molecular formula is C10H22N2O3S4Si. The Kier molecular flexibility index (Phi) is 11.5. The normalized spacial score (nSPS) is 11.2. The summed E-state index contributed by atoms with van der Waals surface area (Å²) in [7, 11) is 2.32. The van der Waals surface area contributed by atoms with Gasteiger partial charge in [-0.25, -0.2) is 0 Å². The Hall–Kier alpha value is 0.577. The Morgan fingerprint density at radius 1 is 1.10 bits per heavy atom. The fourth-order valence-electron chi connectivity index (χ4n) is 1.64. The lowest BCUT2D eigenvalue weighted by atomic mass is 10.4. The molecule has 0 aromatic carbocycles. The smallest absolute Gasteiger partial charge is 0.377 e. The molecule has 0 rings (SSSR count). The number of hydrogen-bond donors (Lipinski definition) is 3. The third kappa shape index (κ3) is 8.13. The van der Waals surface area contributed by atoms with E-state index in [9.17, 15) is 0 Å². The molecule has 0 aliphatic heterocycles. The highest BCUT2D eigenvalue weighted by molar-refractivity contribution is 8.11. The number of thiocarbonyl (C=S) groups is 2. The summed E-state index contributed by atoms with van der Waals surface area (Å²) < 4.78 is 17.2. The van der Waals surface area contributed by atoms with E-state index in [0.29, 0.717) is 21.7 Å². The molecule has 0 amide bonds. The van der Waals surface area contributed by atoms with Crippen molar-refractivity contribution < 1.29 is 13.3 Å². The minimum absolute atomic E-state index is 0.472. The largest absolute Gasteiger partial charge is 0.500 e. The monoisotopic (exact) mass is 374 g/mol. The minimum atomic E-state index is -2.51. The summed E-state index contributed by atoms with van der Waals surface area (Å²) in [6.07, 6.45) is 0.841. The van der Waals surface area contributed by atoms with Crippen molar-refractivity contribution in [3.8, 4) is 0 Å². The SMILES string of the molecule is CO[Si](CCCN(CCNC(=S)S)C(=S)S)(OC)OC. The maximum absolute atomic E-state index is 5.38. The zero-order chi connectivity index (χ0) is 15.6. The lowest BCUT2D eigenvalue weighted by Gasteiger charge is -2.27. The van der Waals surface area contributed by atoms with Gasteiger partial charge in [0.2, 0.25) is 0 Å². The van der Waals surface area contributed by atoms with Crippen molar-refractivity contribution in [1.29, 1.82) is 0 Å². The van der Waals surface area contributed by atoms with Crippen molar-refractivity contribution in [1.82, 2.24) is 10.2 Å². The first-order chi connectivity index (χ1) is 9.40. The molecule has 0 bridgehead atoms. The van der Waals surface area contributed by atoms with E-state index in [1.165, 1.54) is 0 Å². The molecule has 5 nitrogen and oxygen atoms in total. The predicted molar refractivity (Wildman–Crippen MR) is 98.9 cm³/mol. The average Bonchev–Trinajstić information content (AvgIpc) is 2.41. The molecule has 0 aliphatic rings. The van der Waals surface area contributed by atoms with Gasteiger partial charge in [-0.3, -0.25) is 0 Å². The molecule has 0 heterocycles. The highest BCUT2D eigenvalue weighted by Gasteiger charge is 2.37. The molecule has 0 saturated carbocycles. The van der Waals surface area contributed by atoms with Crippen molar-refractivity contribution >= 4 is 67.1 Å². The third-order valence-electron chi connectivity index (χ3n) is 2.77. The quantitative estimate of drug-likeness (QED) is 0.305. The van der Waals surface area contributed by atoms with E-state index in [0.717, 1.165) is 19.0 Å². The zero-order valence-electron chi connectivity index (χ0n) is 11.9. The van der Waals surface area contributed by atoms with Gasteiger partial charge < -0.3 is 23.5 Å². The molecule has 0 unspecified atom stereocenters. The molecule has 10 heteroatoms. The van der Waals surface area contributed by atoms with Crippen LogP contribution >= 0.6 is 49.7 Å². The molecule has 0 atom stereocenters. The van der Waals surface area contributed by atoms with Gasteiger partial charge in [-0.1, -0.05) is 24.4 Å². The fraction of sp³-hybridized carbons (Fsp3) is 0.800. The molecule has 0 radical (unpaired) electrons. The van der Waals surface area contributed by atoms with Crippen LogP contribution in [0.1, 0.15) is 6.42 Å². The van der Waals surface area contributed by atoms with Gasteiger partial charge in [-0.05, 0) is 6.42 Å². The molecule has 0 saturated heterocycles. The molecule has 0 spiro atoms. The van der Waals surface area contributed by atoms with Crippen LogP contribution in [-0.2, 0) is 13.3 Å². The van der Waals surface area contributed by atoms with Gasteiger partial charge in [0.05, 0.1) is 0 Å². The van der Waals surface area contributed by atoms with Gasteiger partial charge in [0.25, 0.3) is 0 Å². The molecule has 0 aliphatic carbocycles. The van der Waals surface area contributed by atoms with E-state index in [1.54, 1.807) is 21.3 Å². The Morgan fingerprint density at radius 2 is 1.65 bits per heavy atom. The maximum Gasteiger partial charge on any atom is 0.500 e. The summed E-state index contributed by atoms with van der Waals surface area (Å²) in [4.78, 5) is 1.98. The van der Waals surface area contributed by atoms with Gasteiger partial charge in [0.15, 0.2) is 0 Å². The van der Waals surface area contributed by atoms with Gasteiger partial charge in [0.1, 0.15) is 8.64 Å². The summed E-state index contributed by atoms with van der Waals surface area (Å²) in [5.74, 6) is 0. The first-order valence-electron chi connectivity index (χ1n) is 6.01. The van der Waals surface area contributed by atoms with Crippen LogP contribution in [0.3, 0.4) is 0 Å². The van der Waals surface area contributed by atoms with Crippen LogP contribution in [0.5, 0.6) is 0 Å². The van der Waals surface area contributed by atoms with E-state index in [-0.39, 0.29) is 0 Å². The van der Waals surface area contributed by atoms with Crippen molar-refractivity contribution in [2.45, 2.75) is 12.5 Å². The Bertz CT molecular complexity index is 311. The number of hydrogen-bond acceptors (Lipinski definition) is 5. The second-order valence-corrected chi connectivity index (χ2v) is 9.26. The standard InChI is InChI=1S/C10H22N2O3S4Si/c1-13-20(14-2,15-3)8-4-6-12(10(18)19)7-5-11-9(16)17/h4-8H2,1-3H3,(H,18,19)(H2,11,16,17). The van der Waals surface area contributed by atoms with E-state index in [2.05, 4.69) is 30.6 Å². The van der Waals surface area contributed by atoms with Gasteiger partial charge in [-0.2, -0.15) is 0 Å². The molecule has 0 aromatic heterocycles. The van der Waals surface area contributed by atoms with Gasteiger partial charge in [-0.15, -0.1) is 25.3 Å². The zero-order valence-corrected chi connectivity index (χ0v) is 16.3. The van der Waals surface area contributed by atoms with Crippen LogP contribution in [0.2, 0.25) is 6.04 Å². The Balaban J connectivity index is 4.20. The van der Waals surface area contributed by atoms with Crippen LogP contribution in [0, 0.1) is 0 Å². The topological polar surface area (TPSA) is 43.0 Å². The van der Waals surface area contributed by atoms with E-state index in [4.69, 9.17) is 37.7 Å². The number of nitrogens with one attached hydrogen (secondary N) is 1. The number of rotatable bonds is 10. The van der Waals surface area contributed by atoms with Crippen LogP contribution < -0.4 is 5.32 Å². The summed E-state index contributed by atoms with van der Waals surface area (Å²) >= 11 is 18.2. The summed E-state index contributed by atoms with van der Waals surface area (Å²) in [6.45, 7) is 2.14. The molecule has 0 aromatic rings. The second kappa shape index (κ2) is 11.2. The lowest BCUT2D eigenvalue weighted by Crippen LogP contribution is -2.43. The van der Waals surface area contributed by atoms with Crippen LogP contribution in [0.25, 0.3) is 0 Å². The van der Waals surface area contributed by atoms with Gasteiger partial charge in [0, 0.05) is 47.0 Å². The molecular weight excluding hydrogens is 352 g/mol. The van der Waals surface area contributed by atoms with Crippen LogP contribution in [0.4, 0.5) is 0 Å². The van der Waals surface area contributed by atoms with Crippen LogP contribution in [0.15, 0.2) is 0 Å². The molecule has 1 N–H and O–H groups in total. The summed E-state index contributed by atoms with van der Waals surface area (Å²) in [5, 5.41) is 2.97. The third-order valence-corrected chi connectivity index (χ3v) is 6.45. The van der Waals surface area contributed by atoms with E-state index in [1.807, 2.05) is 4.90 Å².